The van der Waals surface area contributed by atoms with Crippen LogP contribution >= 0.6 is 0 Å². The minimum absolute atomic E-state index is 0.0675. The molecule has 1 saturated carbocycles. The van der Waals surface area contributed by atoms with Gasteiger partial charge in [-0.25, -0.2) is 4.79 Å². The lowest BCUT2D eigenvalue weighted by Crippen LogP contribution is -2.54. The first-order chi connectivity index (χ1) is 9.34. The van der Waals surface area contributed by atoms with Crippen molar-refractivity contribution in [2.45, 2.75) is 57.4 Å². The van der Waals surface area contributed by atoms with E-state index in [1.165, 1.54) is 0 Å². The van der Waals surface area contributed by atoms with Gasteiger partial charge in [-0.15, -0.1) is 0 Å². The van der Waals surface area contributed by atoms with E-state index < -0.39 is 5.60 Å². The van der Waals surface area contributed by atoms with E-state index in [9.17, 15) is 4.79 Å². The molecule has 1 amide bonds. The van der Waals surface area contributed by atoms with Crippen molar-refractivity contribution in [2.24, 2.45) is 0 Å². The number of rotatable bonds is 7. The summed E-state index contributed by atoms with van der Waals surface area (Å²) >= 11 is 0. The van der Waals surface area contributed by atoms with E-state index in [1.807, 2.05) is 20.8 Å². The Morgan fingerprint density at radius 3 is 2.40 bits per heavy atom. The van der Waals surface area contributed by atoms with Crippen molar-refractivity contribution in [3.05, 3.63) is 0 Å². The number of methoxy groups -OCH3 is 2. The van der Waals surface area contributed by atoms with E-state index in [-0.39, 0.29) is 18.2 Å². The molecular formula is C14H28N2O4. The van der Waals surface area contributed by atoms with Crippen LogP contribution in [0.3, 0.4) is 0 Å². The maximum Gasteiger partial charge on any atom is 0.407 e. The summed E-state index contributed by atoms with van der Waals surface area (Å²) in [6.07, 6.45) is 1.57. The van der Waals surface area contributed by atoms with Gasteiger partial charge in [0.15, 0.2) is 0 Å². The monoisotopic (exact) mass is 288 g/mol. The first kappa shape index (κ1) is 17.2. The number of amides is 1. The van der Waals surface area contributed by atoms with E-state index in [0.717, 1.165) is 19.4 Å². The smallest absolute Gasteiger partial charge is 0.407 e. The SMILES string of the molecule is COCC(CNC1CC(NC(=O)OC(C)(C)C)C1)OC. The molecule has 118 valence electrons. The Labute approximate surface area is 121 Å². The standard InChI is InChI=1S/C14H28N2O4/c1-14(2,3)20-13(17)16-11-6-10(7-11)15-8-12(19-5)9-18-4/h10-12,15H,6-9H2,1-5H3,(H,16,17). The van der Waals surface area contributed by atoms with Gasteiger partial charge in [-0.05, 0) is 33.6 Å². The second-order valence-electron chi connectivity index (χ2n) is 6.23. The summed E-state index contributed by atoms with van der Waals surface area (Å²) in [7, 11) is 3.34. The first-order valence-electron chi connectivity index (χ1n) is 7.08. The van der Waals surface area contributed by atoms with Gasteiger partial charge in [-0.1, -0.05) is 0 Å². The highest BCUT2D eigenvalue weighted by Gasteiger charge is 2.31. The molecule has 1 unspecified atom stereocenters. The third kappa shape index (κ3) is 6.54. The summed E-state index contributed by atoms with van der Waals surface area (Å²) in [6, 6.07) is 0.621. The second-order valence-corrected chi connectivity index (χ2v) is 6.23. The van der Waals surface area contributed by atoms with Crippen molar-refractivity contribution in [3.63, 3.8) is 0 Å². The Morgan fingerprint density at radius 2 is 1.90 bits per heavy atom. The fourth-order valence-electron chi connectivity index (χ4n) is 2.07. The summed E-state index contributed by atoms with van der Waals surface area (Å²) in [5.41, 5.74) is -0.447. The van der Waals surface area contributed by atoms with E-state index in [4.69, 9.17) is 14.2 Å². The number of carbonyl (C=O) groups is 1. The average molecular weight is 288 g/mol. The molecule has 0 saturated heterocycles. The third-order valence-electron chi connectivity index (χ3n) is 3.18. The first-order valence-corrected chi connectivity index (χ1v) is 7.08. The lowest BCUT2D eigenvalue weighted by Gasteiger charge is -2.37. The molecule has 20 heavy (non-hydrogen) atoms. The largest absolute Gasteiger partial charge is 0.444 e. The summed E-state index contributed by atoms with van der Waals surface area (Å²) < 4.78 is 15.6. The normalized spacial score (nSPS) is 23.9. The van der Waals surface area contributed by atoms with Crippen LogP contribution in [0.15, 0.2) is 0 Å². The number of hydrogen-bond acceptors (Lipinski definition) is 5. The lowest BCUT2D eigenvalue weighted by molar-refractivity contribution is 0.0236. The summed E-state index contributed by atoms with van der Waals surface area (Å²) in [5, 5.41) is 6.28. The molecule has 1 atom stereocenters. The number of nitrogens with one attached hydrogen (secondary N) is 2. The van der Waals surface area contributed by atoms with E-state index in [2.05, 4.69) is 10.6 Å². The molecule has 0 radical (unpaired) electrons. The topological polar surface area (TPSA) is 68.8 Å². The molecule has 0 aromatic carbocycles. The quantitative estimate of drug-likeness (QED) is 0.739. The minimum Gasteiger partial charge on any atom is -0.444 e. The highest BCUT2D eigenvalue weighted by molar-refractivity contribution is 5.68. The van der Waals surface area contributed by atoms with Crippen LogP contribution in [0.25, 0.3) is 0 Å². The zero-order valence-electron chi connectivity index (χ0n) is 13.2. The molecule has 0 spiro atoms. The predicted molar refractivity (Wildman–Crippen MR) is 76.9 cm³/mol. The number of carbonyl (C=O) groups excluding carboxylic acids is 1. The van der Waals surface area contributed by atoms with Crippen LogP contribution in [0, 0.1) is 0 Å². The molecule has 0 aromatic rings. The number of alkyl carbamates (subject to hydrolysis) is 1. The Balaban J connectivity index is 2.12. The maximum absolute atomic E-state index is 11.6. The van der Waals surface area contributed by atoms with Gasteiger partial charge in [-0.2, -0.15) is 0 Å². The Morgan fingerprint density at radius 1 is 1.25 bits per heavy atom. The molecule has 0 bridgehead atoms. The minimum atomic E-state index is -0.447. The highest BCUT2D eigenvalue weighted by Crippen LogP contribution is 2.20. The zero-order chi connectivity index (χ0) is 15.2. The Kier molecular flexibility index (Phi) is 6.71. The molecule has 0 aromatic heterocycles. The molecule has 0 aliphatic heterocycles. The summed E-state index contributed by atoms with van der Waals surface area (Å²) in [5.74, 6) is 0. The van der Waals surface area contributed by atoms with Crippen molar-refractivity contribution >= 4 is 6.09 Å². The van der Waals surface area contributed by atoms with Gasteiger partial charge in [0, 0.05) is 32.8 Å². The van der Waals surface area contributed by atoms with Gasteiger partial charge in [0.25, 0.3) is 0 Å². The van der Waals surface area contributed by atoms with Crippen LogP contribution in [-0.4, -0.2) is 57.3 Å². The van der Waals surface area contributed by atoms with Crippen LogP contribution in [-0.2, 0) is 14.2 Å². The molecule has 6 heteroatoms. The molecule has 1 aliphatic rings. The summed E-state index contributed by atoms with van der Waals surface area (Å²) in [4.78, 5) is 11.6. The van der Waals surface area contributed by atoms with Gasteiger partial charge in [0.2, 0.25) is 0 Å². The van der Waals surface area contributed by atoms with Gasteiger partial charge in [0.05, 0.1) is 12.7 Å². The third-order valence-corrected chi connectivity index (χ3v) is 3.18. The van der Waals surface area contributed by atoms with Gasteiger partial charge in [-0.3, -0.25) is 0 Å². The summed E-state index contributed by atoms with van der Waals surface area (Å²) in [6.45, 7) is 6.92. The average Bonchev–Trinajstić information content (AvgIpc) is 2.27. The van der Waals surface area contributed by atoms with Crippen LogP contribution < -0.4 is 10.6 Å². The van der Waals surface area contributed by atoms with Crippen LogP contribution in [0.2, 0.25) is 0 Å². The van der Waals surface area contributed by atoms with E-state index in [1.54, 1.807) is 14.2 Å². The van der Waals surface area contributed by atoms with E-state index >= 15 is 0 Å². The number of hydrogen-bond donors (Lipinski definition) is 2. The Hall–Kier alpha value is -0.850. The fraction of sp³-hybridized carbons (Fsp3) is 0.929. The van der Waals surface area contributed by atoms with Crippen LogP contribution in [0.1, 0.15) is 33.6 Å². The van der Waals surface area contributed by atoms with Gasteiger partial charge >= 0.3 is 6.09 Å². The maximum atomic E-state index is 11.6. The predicted octanol–water partition coefficient (Wildman–Crippen LogP) is 1.29. The van der Waals surface area contributed by atoms with Gasteiger partial charge < -0.3 is 24.8 Å². The molecule has 6 nitrogen and oxygen atoms in total. The zero-order valence-corrected chi connectivity index (χ0v) is 13.2. The van der Waals surface area contributed by atoms with Crippen molar-refractivity contribution in [1.29, 1.82) is 0 Å². The molecule has 1 aliphatic carbocycles. The molecular weight excluding hydrogens is 260 g/mol. The number of ether oxygens (including phenoxy) is 3. The van der Waals surface area contributed by atoms with Crippen LogP contribution in [0.4, 0.5) is 4.79 Å². The Bertz CT molecular complexity index is 298. The van der Waals surface area contributed by atoms with Crippen molar-refractivity contribution in [3.8, 4) is 0 Å². The van der Waals surface area contributed by atoms with Crippen molar-refractivity contribution in [1.82, 2.24) is 10.6 Å². The van der Waals surface area contributed by atoms with Gasteiger partial charge in [0.1, 0.15) is 5.60 Å². The second kappa shape index (κ2) is 7.81. The lowest BCUT2D eigenvalue weighted by atomic mass is 9.87. The van der Waals surface area contributed by atoms with E-state index in [0.29, 0.717) is 12.6 Å². The molecule has 1 rings (SSSR count). The van der Waals surface area contributed by atoms with Crippen LogP contribution in [0.5, 0.6) is 0 Å². The van der Waals surface area contributed by atoms with Crippen molar-refractivity contribution < 1.29 is 19.0 Å². The van der Waals surface area contributed by atoms with Crippen molar-refractivity contribution in [2.75, 3.05) is 27.4 Å². The molecule has 0 heterocycles. The fourth-order valence-corrected chi connectivity index (χ4v) is 2.07. The molecule has 2 N–H and O–H groups in total. The highest BCUT2D eigenvalue weighted by atomic mass is 16.6. The molecule has 1 fully saturated rings.